The van der Waals surface area contributed by atoms with Gasteiger partial charge in [0.25, 0.3) is 10.0 Å². The zero-order valence-electron chi connectivity index (χ0n) is 28.8. The Kier molecular flexibility index (Phi) is 12.4. The molecule has 4 aromatic rings. The lowest BCUT2D eigenvalue weighted by Gasteiger charge is -2.35. The Morgan fingerprint density at radius 1 is 0.840 bits per heavy atom. The molecule has 4 rings (SSSR count). The largest absolute Gasteiger partial charge is 0.495 e. The smallest absolute Gasteiger partial charge is 0.265 e. The number of ether oxygens (including phenoxy) is 3. The molecule has 0 saturated carbocycles. The van der Waals surface area contributed by atoms with Gasteiger partial charge >= 0.3 is 0 Å². The van der Waals surface area contributed by atoms with Crippen LogP contribution in [0.25, 0.3) is 0 Å². The summed E-state index contributed by atoms with van der Waals surface area (Å²) >= 11 is 6.37. The molecule has 10 nitrogen and oxygen atoms in total. The fourth-order valence-electron chi connectivity index (χ4n) is 5.29. The molecule has 0 heterocycles. The van der Waals surface area contributed by atoms with Crippen LogP contribution in [0.4, 0.5) is 10.1 Å². The maximum atomic E-state index is 15.2. The summed E-state index contributed by atoms with van der Waals surface area (Å²) in [6.45, 7) is 4.26. The molecule has 0 fully saturated rings. The number of amides is 2. The van der Waals surface area contributed by atoms with Gasteiger partial charge in [0.05, 0.1) is 31.9 Å². The number of hydrogen-bond donors (Lipinski definition) is 1. The molecule has 0 unspecified atom stereocenters. The SMILES string of the molecule is COc1ccc(S(=O)(=O)N(CC(=O)N(Cc2ccccc2F)[C@H](Cc2ccccc2)C(=O)NC(C)(C)C)c2cc(Cl)ccc2OC)cc1OC. The van der Waals surface area contributed by atoms with Crippen molar-refractivity contribution < 1.29 is 36.6 Å². The van der Waals surface area contributed by atoms with Gasteiger partial charge in [-0.25, -0.2) is 12.8 Å². The van der Waals surface area contributed by atoms with Gasteiger partial charge in [0.1, 0.15) is 24.2 Å². The number of sulfonamides is 1. The van der Waals surface area contributed by atoms with Crippen LogP contribution in [-0.2, 0) is 32.6 Å². The predicted octanol–water partition coefficient (Wildman–Crippen LogP) is 6.26. The number of anilines is 1. The topological polar surface area (TPSA) is 114 Å². The van der Waals surface area contributed by atoms with Crippen LogP contribution in [0.5, 0.6) is 17.2 Å². The average Bonchev–Trinajstić information content (AvgIpc) is 3.08. The van der Waals surface area contributed by atoms with E-state index in [1.165, 1.54) is 80.8 Å². The number of nitrogens with one attached hydrogen (secondary N) is 1. The number of methoxy groups -OCH3 is 3. The highest BCUT2D eigenvalue weighted by Gasteiger charge is 2.37. The Morgan fingerprint density at radius 2 is 1.46 bits per heavy atom. The predicted molar refractivity (Wildman–Crippen MR) is 191 cm³/mol. The van der Waals surface area contributed by atoms with Crippen molar-refractivity contribution in [2.45, 2.75) is 50.2 Å². The van der Waals surface area contributed by atoms with E-state index in [4.69, 9.17) is 25.8 Å². The molecular formula is C37H41ClFN3O7S. The second-order valence-electron chi connectivity index (χ2n) is 12.4. The Balaban J connectivity index is 1.90. The number of hydrogen-bond acceptors (Lipinski definition) is 7. The summed E-state index contributed by atoms with van der Waals surface area (Å²) in [5, 5.41) is 3.12. The number of benzene rings is 4. The van der Waals surface area contributed by atoms with Gasteiger partial charge in [-0.3, -0.25) is 13.9 Å². The van der Waals surface area contributed by atoms with Crippen LogP contribution in [-0.4, -0.2) is 64.6 Å². The van der Waals surface area contributed by atoms with Gasteiger partial charge in [-0.2, -0.15) is 0 Å². The summed E-state index contributed by atoms with van der Waals surface area (Å²) in [5.41, 5.74) is 0.152. The van der Waals surface area contributed by atoms with Crippen molar-refractivity contribution in [3.8, 4) is 17.2 Å². The highest BCUT2D eigenvalue weighted by Crippen LogP contribution is 2.37. The standard InChI is InChI=1S/C37H41ClFN3O7S/c1-37(2,3)40-36(44)31(20-25-12-8-7-9-13-25)41(23-26-14-10-11-15-29(26)39)35(43)24-42(30-21-27(38)16-18-32(30)47-4)50(45,46)28-17-19-33(48-5)34(22-28)49-6/h7-19,21-22,31H,20,23-24H2,1-6H3,(H,40,44)/t31-/m1/s1. The molecule has 0 aliphatic carbocycles. The third-order valence-corrected chi connectivity index (χ3v) is 9.69. The summed E-state index contributed by atoms with van der Waals surface area (Å²) < 4.78 is 61.3. The molecule has 1 atom stereocenters. The van der Waals surface area contributed by atoms with Crippen LogP contribution >= 0.6 is 11.6 Å². The lowest BCUT2D eigenvalue weighted by atomic mass is 10.0. The van der Waals surface area contributed by atoms with E-state index in [0.29, 0.717) is 5.75 Å². The van der Waals surface area contributed by atoms with E-state index >= 15 is 4.39 Å². The fraction of sp³-hybridized carbons (Fsp3) is 0.297. The van der Waals surface area contributed by atoms with Gasteiger partial charge < -0.3 is 24.4 Å². The molecule has 50 heavy (non-hydrogen) atoms. The van der Waals surface area contributed by atoms with Gasteiger partial charge in [-0.05, 0) is 62.7 Å². The van der Waals surface area contributed by atoms with Crippen molar-refractivity contribution in [2.75, 3.05) is 32.2 Å². The molecule has 0 aliphatic heterocycles. The molecule has 1 N–H and O–H groups in total. The summed E-state index contributed by atoms with van der Waals surface area (Å²) in [6.07, 6.45) is 0.0614. The quantitative estimate of drug-likeness (QED) is 0.163. The lowest BCUT2D eigenvalue weighted by molar-refractivity contribution is -0.140. The van der Waals surface area contributed by atoms with E-state index in [0.717, 1.165) is 9.87 Å². The number of halogens is 2. The zero-order valence-corrected chi connectivity index (χ0v) is 30.3. The van der Waals surface area contributed by atoms with Crippen molar-refractivity contribution in [1.82, 2.24) is 10.2 Å². The summed E-state index contributed by atoms with van der Waals surface area (Å²) in [5.74, 6) is -1.34. The first-order valence-corrected chi connectivity index (χ1v) is 17.5. The van der Waals surface area contributed by atoms with Crippen LogP contribution < -0.4 is 23.8 Å². The highest BCUT2D eigenvalue weighted by molar-refractivity contribution is 7.92. The number of carbonyl (C=O) groups is 2. The Morgan fingerprint density at radius 3 is 2.08 bits per heavy atom. The first-order valence-electron chi connectivity index (χ1n) is 15.7. The summed E-state index contributed by atoms with van der Waals surface area (Å²) in [4.78, 5) is 29.8. The van der Waals surface area contributed by atoms with Crippen molar-refractivity contribution in [1.29, 1.82) is 0 Å². The van der Waals surface area contributed by atoms with Crippen LogP contribution in [0.15, 0.2) is 95.9 Å². The molecule has 2 amide bonds. The average molecular weight is 726 g/mol. The van der Waals surface area contributed by atoms with E-state index in [-0.39, 0.29) is 45.6 Å². The van der Waals surface area contributed by atoms with Crippen LogP contribution in [0.2, 0.25) is 5.02 Å². The van der Waals surface area contributed by atoms with Gasteiger partial charge in [0, 0.05) is 35.2 Å². The van der Waals surface area contributed by atoms with E-state index in [2.05, 4.69) is 5.32 Å². The molecule has 0 saturated heterocycles. The van der Waals surface area contributed by atoms with Gasteiger partial charge in [-0.15, -0.1) is 0 Å². The molecule has 0 aliphatic rings. The first kappa shape index (κ1) is 38.0. The molecule has 4 aromatic carbocycles. The second-order valence-corrected chi connectivity index (χ2v) is 14.7. The minimum absolute atomic E-state index is 0.0345. The number of nitrogens with zero attached hydrogens (tertiary/aromatic N) is 2. The van der Waals surface area contributed by atoms with Gasteiger partial charge in [0.15, 0.2) is 11.5 Å². The van der Waals surface area contributed by atoms with E-state index in [9.17, 15) is 18.0 Å². The minimum atomic E-state index is -4.57. The second kappa shape index (κ2) is 16.3. The third kappa shape index (κ3) is 9.25. The fourth-order valence-corrected chi connectivity index (χ4v) is 6.89. The minimum Gasteiger partial charge on any atom is -0.495 e. The molecule has 266 valence electrons. The van der Waals surface area contributed by atoms with Crippen molar-refractivity contribution >= 4 is 39.1 Å². The molecule has 13 heteroatoms. The lowest BCUT2D eigenvalue weighted by Crippen LogP contribution is -2.56. The van der Waals surface area contributed by atoms with E-state index in [1.54, 1.807) is 39.0 Å². The Bertz CT molecular complexity index is 1920. The summed E-state index contributed by atoms with van der Waals surface area (Å²) in [6, 6.07) is 22.2. The third-order valence-electron chi connectivity index (χ3n) is 7.70. The van der Waals surface area contributed by atoms with Crippen molar-refractivity contribution in [2.24, 2.45) is 0 Å². The number of carbonyl (C=O) groups excluding carboxylic acids is 2. The normalized spacial score (nSPS) is 12.1. The Hall–Kier alpha value is -4.81. The van der Waals surface area contributed by atoms with Crippen molar-refractivity contribution in [3.05, 3.63) is 113 Å². The summed E-state index contributed by atoms with van der Waals surface area (Å²) in [7, 11) is -0.430. The molecule has 0 aromatic heterocycles. The molecular weight excluding hydrogens is 685 g/mol. The van der Waals surface area contributed by atoms with Crippen LogP contribution in [0, 0.1) is 5.82 Å². The molecule has 0 spiro atoms. The monoisotopic (exact) mass is 725 g/mol. The Labute approximate surface area is 297 Å². The van der Waals surface area contributed by atoms with Crippen LogP contribution in [0.1, 0.15) is 31.9 Å². The van der Waals surface area contributed by atoms with E-state index < -0.39 is 45.8 Å². The highest BCUT2D eigenvalue weighted by atomic mass is 35.5. The number of rotatable bonds is 14. The zero-order chi connectivity index (χ0) is 36.6. The van der Waals surface area contributed by atoms with Crippen LogP contribution in [0.3, 0.4) is 0 Å². The molecule has 0 radical (unpaired) electrons. The van der Waals surface area contributed by atoms with Gasteiger partial charge in [0.2, 0.25) is 11.8 Å². The molecule has 0 bridgehead atoms. The maximum absolute atomic E-state index is 15.2. The van der Waals surface area contributed by atoms with Gasteiger partial charge in [-0.1, -0.05) is 60.1 Å². The van der Waals surface area contributed by atoms with E-state index in [1.807, 2.05) is 18.2 Å². The maximum Gasteiger partial charge on any atom is 0.265 e. The first-order chi connectivity index (χ1) is 23.7. The van der Waals surface area contributed by atoms with Crippen molar-refractivity contribution in [3.63, 3.8) is 0 Å².